The zero-order valence-corrected chi connectivity index (χ0v) is 34.0. The summed E-state index contributed by atoms with van der Waals surface area (Å²) >= 11 is 0. The Labute approximate surface area is 326 Å². The first-order valence-corrected chi connectivity index (χ1v) is 19.6. The average Bonchev–Trinajstić information content (AvgIpc) is 3.11. The maximum atomic E-state index is 12.3. The maximum Gasteiger partial charge on any atom is 0.407 e. The van der Waals surface area contributed by atoms with E-state index in [2.05, 4.69) is 10.6 Å². The van der Waals surface area contributed by atoms with Crippen molar-refractivity contribution >= 4 is 47.3 Å². The summed E-state index contributed by atoms with van der Waals surface area (Å²) in [4.78, 5) is 95.6. The van der Waals surface area contributed by atoms with Crippen LogP contribution in [0.1, 0.15) is 126 Å². The summed E-state index contributed by atoms with van der Waals surface area (Å²) in [5, 5.41) is 5.28. The SMILES string of the molecule is CCOC(=O)C(C(=O)NCCCCCCCC(=O)OC(C)COC(C)COC(C)COC(=O)NCCCCCCCC(=O)C(C(C)=O)C(C)=O)C(=O)OCC. The van der Waals surface area contributed by atoms with E-state index in [0.29, 0.717) is 25.8 Å². The third-order valence-electron chi connectivity index (χ3n) is 8.18. The number of carbonyl (C=O) groups excluding carboxylic acids is 8. The molecule has 16 nitrogen and oxygen atoms in total. The van der Waals surface area contributed by atoms with E-state index in [1.165, 1.54) is 13.8 Å². The molecule has 0 rings (SSSR count). The molecule has 3 unspecified atom stereocenters. The summed E-state index contributed by atoms with van der Waals surface area (Å²) in [5.41, 5.74) is 0. The number of ketones is 3. The summed E-state index contributed by atoms with van der Waals surface area (Å²) < 4.78 is 31.7. The first-order valence-electron chi connectivity index (χ1n) is 19.6. The highest BCUT2D eigenvalue weighted by molar-refractivity contribution is 6.18. The van der Waals surface area contributed by atoms with Crippen LogP contribution in [0.2, 0.25) is 0 Å². The Morgan fingerprint density at radius 2 is 0.964 bits per heavy atom. The molecule has 0 aromatic heterocycles. The Balaban J connectivity index is 3.94. The molecular weight excluding hydrogens is 720 g/mol. The lowest BCUT2D eigenvalue weighted by atomic mass is 9.92. The first kappa shape index (κ1) is 51.1. The van der Waals surface area contributed by atoms with Crippen molar-refractivity contribution in [2.45, 2.75) is 144 Å². The highest BCUT2D eigenvalue weighted by atomic mass is 16.6. The summed E-state index contributed by atoms with van der Waals surface area (Å²) in [6, 6.07) is 0. The average molecular weight is 787 g/mol. The number of alkyl carbamates (subject to hydrolysis) is 1. The van der Waals surface area contributed by atoms with E-state index in [1.54, 1.807) is 27.7 Å². The van der Waals surface area contributed by atoms with Gasteiger partial charge in [0, 0.05) is 25.9 Å². The van der Waals surface area contributed by atoms with Gasteiger partial charge in [0.2, 0.25) is 11.8 Å². The minimum absolute atomic E-state index is 0.0389. The van der Waals surface area contributed by atoms with Crippen LogP contribution in [0.15, 0.2) is 0 Å². The second-order valence-corrected chi connectivity index (χ2v) is 13.5. The molecule has 0 bridgehead atoms. The van der Waals surface area contributed by atoms with Crippen LogP contribution in [-0.2, 0) is 62.0 Å². The molecule has 316 valence electrons. The van der Waals surface area contributed by atoms with Crippen LogP contribution in [0.4, 0.5) is 4.79 Å². The molecule has 0 aliphatic rings. The zero-order chi connectivity index (χ0) is 41.6. The van der Waals surface area contributed by atoms with Gasteiger partial charge in [0.05, 0.1) is 38.6 Å². The van der Waals surface area contributed by atoms with Gasteiger partial charge in [-0.1, -0.05) is 38.5 Å². The fourth-order valence-electron chi connectivity index (χ4n) is 5.29. The van der Waals surface area contributed by atoms with Crippen LogP contribution < -0.4 is 10.6 Å². The Hall–Kier alpha value is -3.92. The zero-order valence-electron chi connectivity index (χ0n) is 34.0. The molecule has 0 aliphatic heterocycles. The van der Waals surface area contributed by atoms with Crippen LogP contribution >= 0.6 is 0 Å². The molecule has 2 amide bonds. The van der Waals surface area contributed by atoms with E-state index >= 15 is 0 Å². The van der Waals surface area contributed by atoms with Crippen molar-refractivity contribution in [3.63, 3.8) is 0 Å². The number of rotatable bonds is 33. The number of ether oxygens (including phenoxy) is 6. The van der Waals surface area contributed by atoms with Crippen LogP contribution in [-0.4, -0.2) is 112 Å². The van der Waals surface area contributed by atoms with Crippen molar-refractivity contribution in [2.75, 3.05) is 46.1 Å². The Kier molecular flexibility index (Phi) is 29.1. The fraction of sp³-hybridized carbons (Fsp3) is 0.795. The van der Waals surface area contributed by atoms with E-state index < -0.39 is 53.4 Å². The molecule has 0 heterocycles. The smallest absolute Gasteiger partial charge is 0.407 e. The lowest BCUT2D eigenvalue weighted by Crippen LogP contribution is -2.42. The lowest BCUT2D eigenvalue weighted by Gasteiger charge is -2.20. The van der Waals surface area contributed by atoms with Gasteiger partial charge in [0.1, 0.15) is 30.2 Å². The quantitative estimate of drug-likeness (QED) is 0.0409. The van der Waals surface area contributed by atoms with E-state index in [-0.39, 0.29) is 76.4 Å². The third-order valence-corrected chi connectivity index (χ3v) is 8.18. The number of esters is 3. The predicted molar refractivity (Wildman–Crippen MR) is 201 cm³/mol. The van der Waals surface area contributed by atoms with E-state index in [0.717, 1.165) is 44.9 Å². The van der Waals surface area contributed by atoms with Crippen LogP contribution in [0.3, 0.4) is 0 Å². The summed E-state index contributed by atoms with van der Waals surface area (Å²) in [6.45, 7) is 12.4. The molecular formula is C39H66N2O14. The standard InChI is InChI=1S/C39H66N2O14/c1-8-50-37(47)35(38(48)51-9-2)36(46)40-22-18-14-11-13-17-21-33(45)55-29(5)26-53-27(3)24-52-28(4)25-54-39(49)41-23-19-15-10-12-16-20-32(44)34(30(6)42)31(7)43/h27-29,34-35H,8-26H2,1-7H3,(H,40,46)(H,41,49). The van der Waals surface area contributed by atoms with Gasteiger partial charge in [-0.3, -0.25) is 33.6 Å². The normalized spacial score (nSPS) is 12.7. The van der Waals surface area contributed by atoms with Crippen LogP contribution in [0.5, 0.6) is 0 Å². The molecule has 0 radical (unpaired) electrons. The molecule has 0 saturated heterocycles. The second kappa shape index (κ2) is 31.3. The van der Waals surface area contributed by atoms with Crippen molar-refractivity contribution in [1.82, 2.24) is 10.6 Å². The van der Waals surface area contributed by atoms with E-state index in [9.17, 15) is 38.4 Å². The Bertz CT molecular complexity index is 1160. The van der Waals surface area contributed by atoms with E-state index in [1.807, 2.05) is 6.92 Å². The predicted octanol–water partition coefficient (Wildman–Crippen LogP) is 4.36. The van der Waals surface area contributed by atoms with Crippen molar-refractivity contribution in [3.05, 3.63) is 0 Å². The number of hydrogen-bond acceptors (Lipinski definition) is 14. The Morgan fingerprint density at radius 1 is 0.509 bits per heavy atom. The minimum Gasteiger partial charge on any atom is -0.465 e. The molecule has 0 aromatic rings. The Morgan fingerprint density at radius 3 is 1.49 bits per heavy atom. The topological polar surface area (TPSA) is 216 Å². The first-order chi connectivity index (χ1) is 26.1. The summed E-state index contributed by atoms with van der Waals surface area (Å²) in [6.07, 6.45) is 6.40. The fourth-order valence-corrected chi connectivity index (χ4v) is 5.29. The minimum atomic E-state index is -1.64. The van der Waals surface area contributed by atoms with Crippen molar-refractivity contribution < 1.29 is 66.8 Å². The number of unbranched alkanes of at least 4 members (excludes halogenated alkanes) is 8. The molecule has 0 spiro atoms. The van der Waals surface area contributed by atoms with Crippen molar-refractivity contribution in [2.24, 2.45) is 11.8 Å². The number of nitrogens with one attached hydrogen (secondary N) is 2. The molecule has 0 aliphatic carbocycles. The van der Waals surface area contributed by atoms with Gasteiger partial charge < -0.3 is 39.1 Å². The monoisotopic (exact) mass is 786 g/mol. The number of hydrogen-bond donors (Lipinski definition) is 2. The molecule has 2 N–H and O–H groups in total. The van der Waals surface area contributed by atoms with Gasteiger partial charge in [0.25, 0.3) is 0 Å². The van der Waals surface area contributed by atoms with Gasteiger partial charge in [-0.05, 0) is 74.1 Å². The van der Waals surface area contributed by atoms with Crippen LogP contribution in [0, 0.1) is 11.8 Å². The lowest BCUT2D eigenvalue weighted by molar-refractivity contribution is -0.165. The third kappa shape index (κ3) is 25.7. The van der Waals surface area contributed by atoms with Gasteiger partial charge >= 0.3 is 24.0 Å². The van der Waals surface area contributed by atoms with E-state index in [4.69, 9.17) is 28.4 Å². The summed E-state index contributed by atoms with van der Waals surface area (Å²) in [7, 11) is 0. The second-order valence-electron chi connectivity index (χ2n) is 13.5. The molecule has 0 fully saturated rings. The number of Topliss-reactive ketones (excluding diaryl/α,β-unsaturated/α-hetero) is 3. The number of amides is 2. The van der Waals surface area contributed by atoms with Gasteiger partial charge in [-0.15, -0.1) is 0 Å². The van der Waals surface area contributed by atoms with Crippen molar-refractivity contribution in [3.8, 4) is 0 Å². The molecule has 55 heavy (non-hydrogen) atoms. The highest BCUT2D eigenvalue weighted by Gasteiger charge is 2.36. The van der Waals surface area contributed by atoms with Gasteiger partial charge in [0.15, 0.2) is 5.78 Å². The molecule has 3 atom stereocenters. The molecule has 0 aromatic carbocycles. The highest BCUT2D eigenvalue weighted by Crippen LogP contribution is 2.12. The molecule has 0 saturated carbocycles. The van der Waals surface area contributed by atoms with Gasteiger partial charge in [-0.2, -0.15) is 0 Å². The molecule has 16 heteroatoms. The van der Waals surface area contributed by atoms with Gasteiger partial charge in [-0.25, -0.2) is 4.79 Å². The summed E-state index contributed by atoms with van der Waals surface area (Å²) in [5.74, 6) is -6.86. The maximum absolute atomic E-state index is 12.3. The van der Waals surface area contributed by atoms with Crippen LogP contribution in [0.25, 0.3) is 0 Å². The van der Waals surface area contributed by atoms with Crippen molar-refractivity contribution in [1.29, 1.82) is 0 Å². The number of carbonyl (C=O) groups is 8. The largest absolute Gasteiger partial charge is 0.465 e.